The molecule has 0 aliphatic heterocycles. The van der Waals surface area contributed by atoms with E-state index in [9.17, 15) is 4.79 Å². The van der Waals surface area contributed by atoms with Crippen LogP contribution in [0, 0.1) is 0 Å². The van der Waals surface area contributed by atoms with Gasteiger partial charge in [0.1, 0.15) is 0 Å². The minimum Gasteiger partial charge on any atom is -0.342 e. The molecule has 94 valence electrons. The molecular formula is C13H21N3O. The Labute approximate surface area is 103 Å². The number of carbonyl (C=O) groups is 1. The summed E-state index contributed by atoms with van der Waals surface area (Å²) < 4.78 is 0. The van der Waals surface area contributed by atoms with E-state index in [0.717, 1.165) is 18.7 Å². The number of likely N-dealkylation sites (N-methyl/N-ethyl adjacent to an activating group) is 1. The van der Waals surface area contributed by atoms with Crippen molar-refractivity contribution in [2.45, 2.75) is 26.8 Å². The fourth-order valence-electron chi connectivity index (χ4n) is 1.70. The number of nitrogens with zero attached hydrogens (tertiary/aromatic N) is 2. The first-order valence-corrected chi connectivity index (χ1v) is 6.10. The van der Waals surface area contributed by atoms with Gasteiger partial charge in [0.2, 0.25) is 5.91 Å². The zero-order valence-corrected chi connectivity index (χ0v) is 10.8. The second-order valence-corrected chi connectivity index (χ2v) is 3.95. The third-order valence-electron chi connectivity index (χ3n) is 2.88. The molecule has 1 rings (SSSR count). The molecule has 0 unspecified atom stereocenters. The first kappa shape index (κ1) is 13.6. The molecule has 0 radical (unpaired) electrons. The zero-order chi connectivity index (χ0) is 12.7. The standard InChI is InChI=1S/C13H21N3O/c1-4-16(5-2)13(17)10-15-11(3)12-6-8-14-9-7-12/h6-9,11,15H,4-5,10H2,1-3H3/t11-/m0/s1. The molecule has 0 spiro atoms. The first-order valence-electron chi connectivity index (χ1n) is 6.10. The lowest BCUT2D eigenvalue weighted by Gasteiger charge is -2.20. The number of hydrogen-bond donors (Lipinski definition) is 1. The van der Waals surface area contributed by atoms with Gasteiger partial charge in [0.25, 0.3) is 0 Å². The molecule has 0 aliphatic carbocycles. The predicted molar refractivity (Wildman–Crippen MR) is 68.6 cm³/mol. The molecule has 1 aromatic heterocycles. The van der Waals surface area contributed by atoms with Crippen LogP contribution in [0.15, 0.2) is 24.5 Å². The smallest absolute Gasteiger partial charge is 0.236 e. The molecule has 0 aromatic carbocycles. The minimum atomic E-state index is 0.149. The van der Waals surface area contributed by atoms with Crippen LogP contribution in [0.1, 0.15) is 32.4 Å². The highest BCUT2D eigenvalue weighted by Gasteiger charge is 2.11. The third kappa shape index (κ3) is 4.15. The highest BCUT2D eigenvalue weighted by Crippen LogP contribution is 2.09. The van der Waals surface area contributed by atoms with Gasteiger partial charge in [0, 0.05) is 31.5 Å². The van der Waals surface area contributed by atoms with Crippen molar-refractivity contribution in [3.05, 3.63) is 30.1 Å². The van der Waals surface area contributed by atoms with Crippen molar-refractivity contribution in [1.29, 1.82) is 0 Å². The van der Waals surface area contributed by atoms with Crippen LogP contribution in [0.3, 0.4) is 0 Å². The van der Waals surface area contributed by atoms with Gasteiger partial charge in [0.05, 0.1) is 6.54 Å². The largest absolute Gasteiger partial charge is 0.342 e. The Morgan fingerprint density at radius 3 is 2.47 bits per heavy atom. The Bertz CT molecular complexity index is 336. The lowest BCUT2D eigenvalue weighted by Crippen LogP contribution is -2.38. The second-order valence-electron chi connectivity index (χ2n) is 3.95. The summed E-state index contributed by atoms with van der Waals surface area (Å²) in [7, 11) is 0. The van der Waals surface area contributed by atoms with Crippen LogP contribution in [0.5, 0.6) is 0 Å². The molecule has 1 heterocycles. The molecule has 0 fully saturated rings. The summed E-state index contributed by atoms with van der Waals surface area (Å²) in [5, 5.41) is 3.23. The lowest BCUT2D eigenvalue weighted by atomic mass is 10.1. The molecule has 1 amide bonds. The normalized spacial score (nSPS) is 12.2. The van der Waals surface area contributed by atoms with Gasteiger partial charge in [-0.3, -0.25) is 9.78 Å². The summed E-state index contributed by atoms with van der Waals surface area (Å²) in [5.41, 5.74) is 1.15. The molecule has 1 N–H and O–H groups in total. The number of nitrogens with one attached hydrogen (secondary N) is 1. The number of rotatable bonds is 6. The minimum absolute atomic E-state index is 0.149. The molecule has 17 heavy (non-hydrogen) atoms. The number of carbonyl (C=O) groups excluding carboxylic acids is 1. The molecule has 0 bridgehead atoms. The van der Waals surface area contributed by atoms with Gasteiger partial charge in [0.15, 0.2) is 0 Å². The maximum absolute atomic E-state index is 11.8. The van der Waals surface area contributed by atoms with Crippen LogP contribution in [0.25, 0.3) is 0 Å². The summed E-state index contributed by atoms with van der Waals surface area (Å²) in [6.45, 7) is 7.94. The van der Waals surface area contributed by atoms with E-state index in [1.165, 1.54) is 0 Å². The fraction of sp³-hybridized carbons (Fsp3) is 0.538. The molecule has 0 saturated heterocycles. The van der Waals surface area contributed by atoms with Crippen molar-refractivity contribution in [1.82, 2.24) is 15.2 Å². The van der Waals surface area contributed by atoms with E-state index in [1.807, 2.05) is 37.8 Å². The summed E-state index contributed by atoms with van der Waals surface area (Å²) in [5.74, 6) is 0.149. The quantitative estimate of drug-likeness (QED) is 0.814. The van der Waals surface area contributed by atoms with Crippen molar-refractivity contribution in [3.8, 4) is 0 Å². The van der Waals surface area contributed by atoms with E-state index in [1.54, 1.807) is 12.4 Å². The summed E-state index contributed by atoms with van der Waals surface area (Å²) >= 11 is 0. The van der Waals surface area contributed by atoms with E-state index in [4.69, 9.17) is 0 Å². The molecular weight excluding hydrogens is 214 g/mol. The van der Waals surface area contributed by atoms with E-state index >= 15 is 0 Å². The van der Waals surface area contributed by atoms with Crippen LogP contribution in [0.4, 0.5) is 0 Å². The van der Waals surface area contributed by atoms with Gasteiger partial charge in [-0.15, -0.1) is 0 Å². The van der Waals surface area contributed by atoms with Gasteiger partial charge >= 0.3 is 0 Å². The number of amides is 1. The Morgan fingerprint density at radius 2 is 1.94 bits per heavy atom. The van der Waals surface area contributed by atoms with Crippen molar-refractivity contribution in [3.63, 3.8) is 0 Å². The lowest BCUT2D eigenvalue weighted by molar-refractivity contribution is -0.129. The summed E-state index contributed by atoms with van der Waals surface area (Å²) in [4.78, 5) is 17.6. The molecule has 1 aromatic rings. The van der Waals surface area contributed by atoms with Crippen molar-refractivity contribution >= 4 is 5.91 Å². The van der Waals surface area contributed by atoms with E-state index < -0.39 is 0 Å². The molecule has 4 heteroatoms. The molecule has 0 aliphatic rings. The molecule has 4 nitrogen and oxygen atoms in total. The Hall–Kier alpha value is -1.42. The topological polar surface area (TPSA) is 45.2 Å². The van der Waals surface area contributed by atoms with Gasteiger partial charge in [-0.2, -0.15) is 0 Å². The van der Waals surface area contributed by atoms with Crippen molar-refractivity contribution < 1.29 is 4.79 Å². The van der Waals surface area contributed by atoms with Crippen LogP contribution in [-0.4, -0.2) is 35.4 Å². The second kappa shape index (κ2) is 7.01. The molecule has 0 saturated carbocycles. The maximum Gasteiger partial charge on any atom is 0.236 e. The van der Waals surface area contributed by atoms with Crippen molar-refractivity contribution in [2.24, 2.45) is 0 Å². The highest BCUT2D eigenvalue weighted by atomic mass is 16.2. The average Bonchev–Trinajstić information content (AvgIpc) is 2.38. The zero-order valence-electron chi connectivity index (χ0n) is 10.8. The van der Waals surface area contributed by atoms with Crippen molar-refractivity contribution in [2.75, 3.05) is 19.6 Å². The Morgan fingerprint density at radius 1 is 1.35 bits per heavy atom. The van der Waals surface area contributed by atoms with Crippen LogP contribution < -0.4 is 5.32 Å². The highest BCUT2D eigenvalue weighted by molar-refractivity contribution is 5.78. The molecule has 1 atom stereocenters. The summed E-state index contributed by atoms with van der Waals surface area (Å²) in [6, 6.07) is 4.08. The van der Waals surface area contributed by atoms with Gasteiger partial charge < -0.3 is 10.2 Å². The number of aromatic nitrogens is 1. The summed E-state index contributed by atoms with van der Waals surface area (Å²) in [6.07, 6.45) is 3.53. The number of pyridine rings is 1. The van der Waals surface area contributed by atoms with Gasteiger partial charge in [-0.25, -0.2) is 0 Å². The number of hydrogen-bond acceptors (Lipinski definition) is 3. The van der Waals surface area contributed by atoms with E-state index in [2.05, 4.69) is 10.3 Å². The Kier molecular flexibility index (Phi) is 5.63. The van der Waals surface area contributed by atoms with Gasteiger partial charge in [-0.05, 0) is 38.5 Å². The van der Waals surface area contributed by atoms with Gasteiger partial charge in [-0.1, -0.05) is 0 Å². The van der Waals surface area contributed by atoms with E-state index in [-0.39, 0.29) is 11.9 Å². The Balaban J connectivity index is 2.43. The average molecular weight is 235 g/mol. The van der Waals surface area contributed by atoms with E-state index in [0.29, 0.717) is 6.54 Å². The fourth-order valence-corrected chi connectivity index (χ4v) is 1.70. The van der Waals surface area contributed by atoms with Crippen LogP contribution in [-0.2, 0) is 4.79 Å². The first-order chi connectivity index (χ1) is 8.19. The van der Waals surface area contributed by atoms with Crippen LogP contribution >= 0.6 is 0 Å². The SMILES string of the molecule is CCN(CC)C(=O)CN[C@@H](C)c1ccncc1. The predicted octanol–water partition coefficient (Wildman–Crippen LogP) is 1.60. The monoisotopic (exact) mass is 235 g/mol. The maximum atomic E-state index is 11.8. The van der Waals surface area contributed by atoms with Crippen LogP contribution in [0.2, 0.25) is 0 Å². The third-order valence-corrected chi connectivity index (χ3v) is 2.88.